The summed E-state index contributed by atoms with van der Waals surface area (Å²) in [6.45, 7) is 4.65. The number of carboxylic acid groups (broad SMARTS) is 1. The Kier molecular flexibility index (Phi) is 3.22. The van der Waals surface area contributed by atoms with Gasteiger partial charge >= 0.3 is 5.97 Å². The molecule has 1 aliphatic rings. The second-order valence-corrected chi connectivity index (χ2v) is 5.21. The first-order chi connectivity index (χ1) is 9.61. The van der Waals surface area contributed by atoms with Crippen LogP contribution in [-0.4, -0.2) is 33.3 Å². The Hall–Kier alpha value is -1.88. The summed E-state index contributed by atoms with van der Waals surface area (Å²) in [4.78, 5) is 15.9. The van der Waals surface area contributed by atoms with E-state index < -0.39 is 5.97 Å². The van der Waals surface area contributed by atoms with Crippen LogP contribution in [0.25, 0.3) is 11.0 Å². The van der Waals surface area contributed by atoms with Gasteiger partial charge in [-0.05, 0) is 38.8 Å². The van der Waals surface area contributed by atoms with Crippen LogP contribution in [0.5, 0.6) is 0 Å². The van der Waals surface area contributed by atoms with Crippen molar-refractivity contribution in [3.05, 3.63) is 29.6 Å². The highest BCUT2D eigenvalue weighted by Crippen LogP contribution is 2.38. The standard InChI is InChI=1S/C15H18N2O3/c1-3-20-11-7-10(8-11)17-9(2)16-13-6-4-5-12(14(13)17)15(18)19/h4-6,10-11H,3,7-8H2,1-2H3,(H,18,19). The van der Waals surface area contributed by atoms with Crippen LogP contribution in [0.1, 0.15) is 42.0 Å². The minimum absolute atomic E-state index is 0.289. The van der Waals surface area contributed by atoms with E-state index in [9.17, 15) is 9.90 Å². The van der Waals surface area contributed by atoms with E-state index in [2.05, 4.69) is 9.55 Å². The maximum Gasteiger partial charge on any atom is 0.337 e. The van der Waals surface area contributed by atoms with Gasteiger partial charge in [0.15, 0.2) is 0 Å². The molecule has 1 heterocycles. The number of para-hydroxylation sites is 1. The first-order valence-electron chi connectivity index (χ1n) is 6.94. The van der Waals surface area contributed by atoms with E-state index in [0.29, 0.717) is 11.7 Å². The second-order valence-electron chi connectivity index (χ2n) is 5.21. The second kappa shape index (κ2) is 4.90. The third-order valence-electron chi connectivity index (χ3n) is 3.95. The first-order valence-corrected chi connectivity index (χ1v) is 6.94. The van der Waals surface area contributed by atoms with Crippen LogP contribution in [-0.2, 0) is 4.74 Å². The zero-order valence-electron chi connectivity index (χ0n) is 11.7. The highest BCUT2D eigenvalue weighted by molar-refractivity contribution is 6.01. The van der Waals surface area contributed by atoms with Crippen LogP contribution in [0.3, 0.4) is 0 Å². The molecule has 0 radical (unpaired) electrons. The summed E-state index contributed by atoms with van der Waals surface area (Å²) in [5, 5.41) is 9.36. The van der Waals surface area contributed by atoms with Gasteiger partial charge in [-0.15, -0.1) is 0 Å². The van der Waals surface area contributed by atoms with E-state index in [1.807, 2.05) is 19.9 Å². The maximum absolute atomic E-state index is 11.4. The molecule has 0 spiro atoms. The highest BCUT2D eigenvalue weighted by atomic mass is 16.5. The number of hydrogen-bond acceptors (Lipinski definition) is 3. The van der Waals surface area contributed by atoms with Crippen molar-refractivity contribution in [2.75, 3.05) is 6.61 Å². The Morgan fingerprint density at radius 2 is 2.25 bits per heavy atom. The zero-order chi connectivity index (χ0) is 14.3. The fourth-order valence-corrected chi connectivity index (χ4v) is 3.00. The van der Waals surface area contributed by atoms with Crippen LogP contribution in [0, 0.1) is 6.92 Å². The number of imidazole rings is 1. The summed E-state index contributed by atoms with van der Waals surface area (Å²) in [5.41, 5.74) is 1.81. The normalized spacial score (nSPS) is 21.9. The molecule has 1 aromatic carbocycles. The number of hydrogen-bond donors (Lipinski definition) is 1. The Morgan fingerprint density at radius 3 is 2.90 bits per heavy atom. The topological polar surface area (TPSA) is 64.4 Å². The van der Waals surface area contributed by atoms with Gasteiger partial charge in [-0.25, -0.2) is 9.78 Å². The maximum atomic E-state index is 11.4. The lowest BCUT2D eigenvalue weighted by atomic mass is 9.88. The molecule has 1 aromatic heterocycles. The van der Waals surface area contributed by atoms with Crippen molar-refractivity contribution in [2.45, 2.75) is 38.8 Å². The number of aromatic nitrogens is 2. The molecule has 3 rings (SSSR count). The number of carboxylic acids is 1. The van der Waals surface area contributed by atoms with Crippen LogP contribution < -0.4 is 0 Å². The lowest BCUT2D eigenvalue weighted by Gasteiger charge is -2.36. The zero-order valence-corrected chi connectivity index (χ0v) is 11.7. The molecule has 1 fully saturated rings. The number of aromatic carboxylic acids is 1. The summed E-state index contributed by atoms with van der Waals surface area (Å²) in [7, 11) is 0. The van der Waals surface area contributed by atoms with Crippen LogP contribution >= 0.6 is 0 Å². The quantitative estimate of drug-likeness (QED) is 0.931. The molecule has 0 unspecified atom stereocenters. The summed E-state index contributed by atoms with van der Waals surface area (Å²) in [5.74, 6) is -0.0360. The highest BCUT2D eigenvalue weighted by Gasteiger charge is 2.33. The van der Waals surface area contributed by atoms with Crippen molar-refractivity contribution in [3.63, 3.8) is 0 Å². The Balaban J connectivity index is 2.03. The molecule has 0 atom stereocenters. The lowest BCUT2D eigenvalue weighted by molar-refractivity contribution is -0.0191. The Labute approximate surface area is 117 Å². The van der Waals surface area contributed by atoms with Gasteiger partial charge in [0.05, 0.1) is 22.7 Å². The lowest BCUT2D eigenvalue weighted by Crippen LogP contribution is -2.34. The number of rotatable bonds is 4. The molecular formula is C15H18N2O3. The SMILES string of the molecule is CCOC1CC(n2c(C)nc3cccc(C(=O)O)c32)C1. The van der Waals surface area contributed by atoms with Gasteiger partial charge < -0.3 is 14.4 Å². The van der Waals surface area contributed by atoms with E-state index in [4.69, 9.17) is 4.74 Å². The van der Waals surface area contributed by atoms with E-state index in [1.165, 1.54) is 0 Å². The molecule has 20 heavy (non-hydrogen) atoms. The number of ether oxygens (including phenoxy) is 1. The predicted molar refractivity (Wildman–Crippen MR) is 75.1 cm³/mol. The van der Waals surface area contributed by atoms with Gasteiger partial charge in [0.25, 0.3) is 0 Å². The third kappa shape index (κ3) is 1.98. The van der Waals surface area contributed by atoms with Gasteiger partial charge in [-0.2, -0.15) is 0 Å². The van der Waals surface area contributed by atoms with Crippen molar-refractivity contribution >= 4 is 17.0 Å². The van der Waals surface area contributed by atoms with Gasteiger partial charge in [-0.3, -0.25) is 0 Å². The molecule has 0 saturated heterocycles. The number of aryl methyl sites for hydroxylation is 1. The predicted octanol–water partition coefficient (Wildman–Crippen LogP) is 2.78. The molecule has 1 saturated carbocycles. The first kappa shape index (κ1) is 13.1. The molecule has 0 bridgehead atoms. The minimum atomic E-state index is -0.905. The molecule has 0 amide bonds. The van der Waals surface area contributed by atoms with E-state index in [1.54, 1.807) is 12.1 Å². The van der Waals surface area contributed by atoms with Gasteiger partial charge in [0, 0.05) is 12.6 Å². The monoisotopic (exact) mass is 274 g/mol. The van der Waals surface area contributed by atoms with Crippen molar-refractivity contribution in [3.8, 4) is 0 Å². The van der Waals surface area contributed by atoms with E-state index in [-0.39, 0.29) is 6.04 Å². The van der Waals surface area contributed by atoms with Gasteiger partial charge in [-0.1, -0.05) is 6.07 Å². The average Bonchev–Trinajstić information content (AvgIpc) is 2.69. The fraction of sp³-hybridized carbons (Fsp3) is 0.467. The number of fused-ring (bicyclic) bond motifs is 1. The van der Waals surface area contributed by atoms with E-state index in [0.717, 1.165) is 36.3 Å². The summed E-state index contributed by atoms with van der Waals surface area (Å²) in [6.07, 6.45) is 2.14. The number of carbonyl (C=O) groups is 1. The van der Waals surface area contributed by atoms with Crippen molar-refractivity contribution in [2.24, 2.45) is 0 Å². The summed E-state index contributed by atoms with van der Waals surface area (Å²) < 4.78 is 7.65. The average molecular weight is 274 g/mol. The molecule has 0 aliphatic heterocycles. The molecule has 1 aliphatic carbocycles. The fourth-order valence-electron chi connectivity index (χ4n) is 3.00. The van der Waals surface area contributed by atoms with Crippen molar-refractivity contribution in [1.29, 1.82) is 0 Å². The number of benzene rings is 1. The van der Waals surface area contributed by atoms with Crippen molar-refractivity contribution < 1.29 is 14.6 Å². The molecule has 106 valence electrons. The molecule has 5 heteroatoms. The molecule has 5 nitrogen and oxygen atoms in total. The molecule has 2 aromatic rings. The summed E-state index contributed by atoms with van der Waals surface area (Å²) >= 11 is 0. The van der Waals surface area contributed by atoms with Crippen LogP contribution in [0.15, 0.2) is 18.2 Å². The van der Waals surface area contributed by atoms with Crippen LogP contribution in [0.2, 0.25) is 0 Å². The van der Waals surface area contributed by atoms with Gasteiger partial charge in [0.2, 0.25) is 0 Å². The third-order valence-corrected chi connectivity index (χ3v) is 3.95. The number of nitrogens with zero attached hydrogens (tertiary/aromatic N) is 2. The van der Waals surface area contributed by atoms with E-state index >= 15 is 0 Å². The minimum Gasteiger partial charge on any atom is -0.478 e. The Morgan fingerprint density at radius 1 is 1.50 bits per heavy atom. The smallest absolute Gasteiger partial charge is 0.337 e. The Bertz CT molecular complexity index is 656. The van der Waals surface area contributed by atoms with Crippen LogP contribution in [0.4, 0.5) is 0 Å². The summed E-state index contributed by atoms with van der Waals surface area (Å²) in [6, 6.07) is 5.54. The van der Waals surface area contributed by atoms with Crippen molar-refractivity contribution in [1.82, 2.24) is 9.55 Å². The molecular weight excluding hydrogens is 256 g/mol. The van der Waals surface area contributed by atoms with Gasteiger partial charge in [0.1, 0.15) is 5.82 Å². The molecule has 1 N–H and O–H groups in total. The largest absolute Gasteiger partial charge is 0.478 e.